The number of hydrogen-bond donors (Lipinski definition) is 2. The Morgan fingerprint density at radius 3 is 2.46 bits per heavy atom. The van der Waals surface area contributed by atoms with Gasteiger partial charge >= 0.3 is 0 Å². The molecule has 1 aromatic carbocycles. The summed E-state index contributed by atoms with van der Waals surface area (Å²) in [5.41, 5.74) is 3.39. The van der Waals surface area contributed by atoms with Gasteiger partial charge in [-0.15, -0.1) is 0 Å². The highest BCUT2D eigenvalue weighted by Crippen LogP contribution is 2.65. The fourth-order valence-corrected chi connectivity index (χ4v) is 6.59. The number of hydrogen-bond acceptors (Lipinski definition) is 6. The molecule has 1 aliphatic heterocycles. The van der Waals surface area contributed by atoms with E-state index in [-0.39, 0.29) is 29.2 Å². The third kappa shape index (κ3) is 4.63. The molecule has 2 aromatic rings. The van der Waals surface area contributed by atoms with Gasteiger partial charge in [0.15, 0.2) is 0 Å². The van der Waals surface area contributed by atoms with Gasteiger partial charge in [0.2, 0.25) is 11.9 Å². The van der Waals surface area contributed by atoms with Gasteiger partial charge < -0.3 is 20.4 Å². The molecule has 7 heteroatoms. The van der Waals surface area contributed by atoms with Crippen molar-refractivity contribution < 1.29 is 4.79 Å². The summed E-state index contributed by atoms with van der Waals surface area (Å²) in [6.07, 6.45) is 5.58. The minimum Gasteiger partial charge on any atom is -0.369 e. The molecule has 188 valence electrons. The van der Waals surface area contributed by atoms with Gasteiger partial charge in [-0.05, 0) is 72.9 Å². The number of nitrogens with zero attached hydrogens (tertiary/aromatic N) is 4. The van der Waals surface area contributed by atoms with Crippen molar-refractivity contribution in [1.29, 1.82) is 0 Å². The van der Waals surface area contributed by atoms with Crippen LogP contribution in [0.25, 0.3) is 0 Å². The van der Waals surface area contributed by atoms with E-state index in [2.05, 4.69) is 82.4 Å². The minimum absolute atomic E-state index is 0.0525. The monoisotopic (exact) mass is 476 g/mol. The Morgan fingerprint density at radius 1 is 1.09 bits per heavy atom. The lowest BCUT2D eigenvalue weighted by Crippen LogP contribution is -2.47. The number of rotatable bonds is 7. The molecule has 2 saturated carbocycles. The number of amides is 1. The summed E-state index contributed by atoms with van der Waals surface area (Å²) < 4.78 is 0. The molecule has 2 N–H and O–H groups in total. The van der Waals surface area contributed by atoms with Crippen molar-refractivity contribution in [2.45, 2.75) is 59.4 Å². The number of anilines is 3. The first-order valence-corrected chi connectivity index (χ1v) is 13.2. The van der Waals surface area contributed by atoms with Gasteiger partial charge in [-0.3, -0.25) is 4.79 Å². The number of carbonyl (C=O) groups is 1. The fraction of sp³-hybridized carbons (Fsp3) is 0.607. The van der Waals surface area contributed by atoms with Crippen molar-refractivity contribution >= 4 is 23.2 Å². The van der Waals surface area contributed by atoms with Crippen LogP contribution in [-0.4, -0.2) is 59.5 Å². The van der Waals surface area contributed by atoms with Crippen LogP contribution in [0.5, 0.6) is 0 Å². The van der Waals surface area contributed by atoms with Crippen LogP contribution in [0.15, 0.2) is 36.5 Å². The highest BCUT2D eigenvalue weighted by molar-refractivity contribution is 5.78. The largest absolute Gasteiger partial charge is 0.369 e. The van der Waals surface area contributed by atoms with Gasteiger partial charge in [-0.25, -0.2) is 9.97 Å². The molecule has 0 spiro atoms. The van der Waals surface area contributed by atoms with E-state index in [0.717, 1.165) is 50.5 Å². The van der Waals surface area contributed by atoms with Crippen molar-refractivity contribution in [2.75, 3.05) is 42.9 Å². The van der Waals surface area contributed by atoms with Crippen molar-refractivity contribution in [3.63, 3.8) is 0 Å². The second kappa shape index (κ2) is 9.41. The molecule has 0 radical (unpaired) electrons. The summed E-state index contributed by atoms with van der Waals surface area (Å²) >= 11 is 0. The molecule has 2 aliphatic carbocycles. The molecule has 2 bridgehead atoms. The first-order chi connectivity index (χ1) is 16.8. The zero-order valence-electron chi connectivity index (χ0n) is 21.7. The average Bonchev–Trinajstić information content (AvgIpc) is 3.18. The number of likely N-dealkylation sites (N-methyl/N-ethyl adjacent to an activating group) is 1. The summed E-state index contributed by atoms with van der Waals surface area (Å²) in [6, 6.07) is 10.5. The normalized spacial score (nSPS) is 27.7. The Bertz CT molecular complexity index is 1050. The maximum atomic E-state index is 12.9. The summed E-state index contributed by atoms with van der Waals surface area (Å²) in [7, 11) is 0. The van der Waals surface area contributed by atoms with Gasteiger partial charge in [0.25, 0.3) is 0 Å². The van der Waals surface area contributed by atoms with Crippen LogP contribution in [-0.2, 0) is 11.2 Å². The number of piperazine rings is 1. The zero-order chi connectivity index (χ0) is 24.6. The Balaban J connectivity index is 1.16. The van der Waals surface area contributed by atoms with Crippen LogP contribution < -0.4 is 15.5 Å². The number of carbonyl (C=O) groups excluding carboxylic acids is 1. The zero-order valence-corrected chi connectivity index (χ0v) is 21.7. The smallest absolute Gasteiger partial charge is 0.227 e. The Labute approximate surface area is 209 Å². The topological polar surface area (TPSA) is 73.4 Å². The molecule has 3 fully saturated rings. The van der Waals surface area contributed by atoms with Crippen LogP contribution in [0.2, 0.25) is 0 Å². The molecule has 35 heavy (non-hydrogen) atoms. The number of nitrogens with one attached hydrogen (secondary N) is 2. The Morgan fingerprint density at radius 2 is 1.83 bits per heavy atom. The quantitative estimate of drug-likeness (QED) is 0.623. The van der Waals surface area contributed by atoms with Crippen LogP contribution in [0.1, 0.15) is 52.7 Å². The molecule has 1 amide bonds. The molecule has 3 unspecified atom stereocenters. The van der Waals surface area contributed by atoms with Gasteiger partial charge in [0.1, 0.15) is 0 Å². The van der Waals surface area contributed by atoms with Crippen LogP contribution in [0, 0.1) is 16.7 Å². The predicted octanol–water partition coefficient (Wildman–Crippen LogP) is 4.24. The highest BCUT2D eigenvalue weighted by Gasteiger charge is 2.61. The first kappa shape index (κ1) is 24.0. The lowest BCUT2D eigenvalue weighted by molar-refractivity contribution is -0.122. The van der Waals surface area contributed by atoms with Crippen molar-refractivity contribution in [3.05, 3.63) is 42.2 Å². The molecular weight excluding hydrogens is 436 g/mol. The Hall–Kier alpha value is -2.67. The molecule has 3 atom stereocenters. The van der Waals surface area contributed by atoms with Crippen molar-refractivity contribution in [3.8, 4) is 0 Å². The molecular formula is C28H40N6O. The lowest BCUT2D eigenvalue weighted by atomic mass is 9.69. The van der Waals surface area contributed by atoms with Gasteiger partial charge in [-0.2, -0.15) is 0 Å². The van der Waals surface area contributed by atoms with Gasteiger partial charge in [0, 0.05) is 49.8 Å². The summed E-state index contributed by atoms with van der Waals surface area (Å²) in [5, 5.41) is 6.64. The molecule has 1 saturated heterocycles. The van der Waals surface area contributed by atoms with Crippen molar-refractivity contribution in [1.82, 2.24) is 20.2 Å². The maximum Gasteiger partial charge on any atom is 0.227 e. The summed E-state index contributed by atoms with van der Waals surface area (Å²) in [6.45, 7) is 14.8. The first-order valence-electron chi connectivity index (χ1n) is 13.2. The van der Waals surface area contributed by atoms with Crippen LogP contribution >= 0.6 is 0 Å². The SMILES string of the molecule is CCN1CCN(c2ccc(Nc3nccc(CC(=O)NC4CC5CCC4(C)C5(C)C)n3)cc2)CC1. The van der Waals surface area contributed by atoms with Crippen LogP contribution in [0.3, 0.4) is 0 Å². The number of fused-ring (bicyclic) bond motifs is 2. The van der Waals surface area contributed by atoms with Gasteiger partial charge in [0.05, 0.1) is 12.1 Å². The summed E-state index contributed by atoms with van der Waals surface area (Å²) in [5.74, 6) is 1.28. The molecule has 1 aromatic heterocycles. The maximum absolute atomic E-state index is 12.9. The highest BCUT2D eigenvalue weighted by atomic mass is 16.1. The van der Waals surface area contributed by atoms with Gasteiger partial charge in [-0.1, -0.05) is 27.7 Å². The second-order valence-corrected chi connectivity index (χ2v) is 11.4. The molecule has 2 heterocycles. The number of aromatic nitrogens is 2. The van der Waals surface area contributed by atoms with E-state index in [1.807, 2.05) is 6.07 Å². The predicted molar refractivity (Wildman–Crippen MR) is 141 cm³/mol. The van der Waals surface area contributed by atoms with E-state index in [4.69, 9.17) is 0 Å². The van der Waals surface area contributed by atoms with E-state index >= 15 is 0 Å². The third-order valence-corrected chi connectivity index (χ3v) is 9.49. The number of benzene rings is 1. The minimum atomic E-state index is 0.0525. The fourth-order valence-electron chi connectivity index (χ4n) is 6.59. The van der Waals surface area contributed by atoms with E-state index in [1.165, 1.54) is 18.5 Å². The standard InChI is InChI=1S/C28H40N6O/c1-5-33-14-16-34(17-15-33)23-8-6-21(7-9-23)30-26-29-13-11-22(31-26)19-25(35)32-24-18-20-10-12-28(24,4)27(20,2)3/h6-9,11,13,20,24H,5,10,12,14-19H2,1-4H3,(H,32,35)(H,29,30,31). The summed E-state index contributed by atoms with van der Waals surface area (Å²) in [4.78, 5) is 26.8. The molecule has 3 aliphatic rings. The molecule has 5 rings (SSSR count). The van der Waals surface area contributed by atoms with Crippen molar-refractivity contribution in [2.24, 2.45) is 16.7 Å². The van der Waals surface area contributed by atoms with Crippen LogP contribution in [0.4, 0.5) is 17.3 Å². The third-order valence-electron chi connectivity index (χ3n) is 9.49. The Kier molecular flexibility index (Phi) is 6.47. The van der Waals surface area contributed by atoms with E-state index in [1.54, 1.807) is 6.20 Å². The van der Waals surface area contributed by atoms with E-state index in [9.17, 15) is 4.79 Å². The average molecular weight is 477 g/mol. The van der Waals surface area contributed by atoms with E-state index < -0.39 is 0 Å². The van der Waals surface area contributed by atoms with E-state index in [0.29, 0.717) is 11.9 Å². The lowest BCUT2D eigenvalue weighted by Gasteiger charge is -2.39. The second-order valence-electron chi connectivity index (χ2n) is 11.4. The molecule has 7 nitrogen and oxygen atoms in total.